The first-order valence-electron chi connectivity index (χ1n) is 13.2. The van der Waals surface area contributed by atoms with E-state index in [0.717, 1.165) is 17.7 Å². The highest BCUT2D eigenvalue weighted by Crippen LogP contribution is 2.35. The number of halogens is 4. The molecule has 2 aromatic heterocycles. The van der Waals surface area contributed by atoms with Crippen molar-refractivity contribution in [3.05, 3.63) is 101 Å². The molecule has 0 aliphatic carbocycles. The fourth-order valence-electron chi connectivity index (χ4n) is 5.37. The topological polar surface area (TPSA) is 67.8 Å². The lowest BCUT2D eigenvalue weighted by Gasteiger charge is -2.40. The number of hydrogen-bond donors (Lipinski definition) is 0. The van der Waals surface area contributed by atoms with E-state index in [2.05, 4.69) is 9.97 Å². The average Bonchev–Trinajstić information content (AvgIpc) is 3.27. The van der Waals surface area contributed by atoms with Crippen molar-refractivity contribution in [2.75, 3.05) is 32.2 Å². The number of carbonyl (C=O) groups excluding carboxylic acids is 1. The molecule has 0 saturated carbocycles. The average molecular weight is 579 g/mol. The predicted molar refractivity (Wildman–Crippen MR) is 147 cm³/mol. The third kappa shape index (κ3) is 5.10. The Morgan fingerprint density at radius 1 is 0.929 bits per heavy atom. The smallest absolute Gasteiger partial charge is 0.282 e. The van der Waals surface area contributed by atoms with Gasteiger partial charge in [0.1, 0.15) is 23.1 Å². The molecule has 11 heteroatoms. The van der Waals surface area contributed by atoms with Crippen LogP contribution in [0.4, 0.5) is 23.2 Å². The highest BCUT2D eigenvalue weighted by molar-refractivity contribution is 5.99. The molecule has 0 spiro atoms. The quantitative estimate of drug-likeness (QED) is 0.252. The standard InChI is InChI=1S/C31H26F4N4O3/c1-41-22-9-6-18(27(12-22)42-2)14-38-15-26-28(30(38)40)19(11-25(37-26)29-23(32)4-3-5-24(29)33)10-20-7-8-21(13-36-20)39-16-31(34,35)17-39/h3-9,11-13H,10,14-17H2,1-2H3. The highest BCUT2D eigenvalue weighted by atomic mass is 19.3. The number of ether oxygens (including phenoxy) is 2. The van der Waals surface area contributed by atoms with Crippen molar-refractivity contribution in [2.24, 2.45) is 0 Å². The Morgan fingerprint density at radius 2 is 1.69 bits per heavy atom. The van der Waals surface area contributed by atoms with Crippen LogP contribution in [0.25, 0.3) is 11.3 Å². The summed E-state index contributed by atoms with van der Waals surface area (Å²) < 4.78 is 67.0. The van der Waals surface area contributed by atoms with Crippen LogP contribution in [0.2, 0.25) is 0 Å². The molecule has 2 aliphatic heterocycles. The maximum Gasteiger partial charge on any atom is 0.282 e. The van der Waals surface area contributed by atoms with Gasteiger partial charge in [-0.25, -0.2) is 22.5 Å². The Kier molecular flexibility index (Phi) is 6.96. The van der Waals surface area contributed by atoms with Gasteiger partial charge in [0.15, 0.2) is 0 Å². The van der Waals surface area contributed by atoms with Gasteiger partial charge in [-0.05, 0) is 48.0 Å². The summed E-state index contributed by atoms with van der Waals surface area (Å²) in [4.78, 5) is 25.8. The van der Waals surface area contributed by atoms with Gasteiger partial charge in [0.05, 0.1) is 74.8 Å². The number of rotatable bonds is 8. The zero-order valence-electron chi connectivity index (χ0n) is 22.8. The lowest BCUT2D eigenvalue weighted by Crippen LogP contribution is -2.56. The van der Waals surface area contributed by atoms with Crippen molar-refractivity contribution in [3.8, 4) is 22.8 Å². The lowest BCUT2D eigenvalue weighted by molar-refractivity contribution is -0.0262. The van der Waals surface area contributed by atoms with E-state index < -0.39 is 17.6 Å². The summed E-state index contributed by atoms with van der Waals surface area (Å²) in [5.41, 5.74) is 2.88. The third-order valence-electron chi connectivity index (χ3n) is 7.48. The van der Waals surface area contributed by atoms with Crippen molar-refractivity contribution in [1.29, 1.82) is 0 Å². The van der Waals surface area contributed by atoms with Crippen molar-refractivity contribution in [3.63, 3.8) is 0 Å². The first-order chi connectivity index (χ1) is 20.2. The Bertz CT molecular complexity index is 1650. The summed E-state index contributed by atoms with van der Waals surface area (Å²) >= 11 is 0. The van der Waals surface area contributed by atoms with Crippen molar-refractivity contribution in [2.45, 2.75) is 25.4 Å². The summed E-state index contributed by atoms with van der Waals surface area (Å²) in [7, 11) is 3.07. The molecular weight excluding hydrogens is 552 g/mol. The van der Waals surface area contributed by atoms with E-state index >= 15 is 0 Å². The number of nitrogens with zero attached hydrogens (tertiary/aromatic N) is 4. The second-order valence-electron chi connectivity index (χ2n) is 10.3. The number of carbonyl (C=O) groups is 1. The molecule has 0 N–H and O–H groups in total. The number of anilines is 1. The lowest BCUT2D eigenvalue weighted by atomic mass is 9.98. The second-order valence-corrected chi connectivity index (χ2v) is 10.3. The number of benzene rings is 2. The molecule has 0 unspecified atom stereocenters. The van der Waals surface area contributed by atoms with Crippen molar-refractivity contribution >= 4 is 11.6 Å². The number of methoxy groups -OCH3 is 2. The molecular formula is C31H26F4N4O3. The van der Waals surface area contributed by atoms with Gasteiger partial charge >= 0.3 is 0 Å². The van der Waals surface area contributed by atoms with E-state index in [1.165, 1.54) is 30.3 Å². The van der Waals surface area contributed by atoms with E-state index in [-0.39, 0.29) is 49.8 Å². The molecule has 1 saturated heterocycles. The minimum absolute atomic E-state index is 0.0652. The summed E-state index contributed by atoms with van der Waals surface area (Å²) in [6.07, 6.45) is 1.67. The zero-order valence-corrected chi connectivity index (χ0v) is 22.8. The van der Waals surface area contributed by atoms with Crippen LogP contribution in [0.15, 0.2) is 60.8 Å². The minimum Gasteiger partial charge on any atom is -0.497 e. The molecule has 0 radical (unpaired) electrons. The normalized spacial score (nSPS) is 15.4. The zero-order chi connectivity index (χ0) is 29.6. The fraction of sp³-hybridized carbons (Fsp3) is 0.258. The number of pyridine rings is 2. The molecule has 0 atom stereocenters. The summed E-state index contributed by atoms with van der Waals surface area (Å²) in [6, 6.07) is 13.8. The molecule has 7 nitrogen and oxygen atoms in total. The summed E-state index contributed by atoms with van der Waals surface area (Å²) in [5.74, 6) is -3.39. The van der Waals surface area contributed by atoms with E-state index in [0.29, 0.717) is 39.7 Å². The monoisotopic (exact) mass is 578 g/mol. The number of alkyl halides is 2. The number of hydrogen-bond acceptors (Lipinski definition) is 6. The van der Waals surface area contributed by atoms with Crippen LogP contribution in [-0.4, -0.2) is 54.0 Å². The van der Waals surface area contributed by atoms with Crippen LogP contribution >= 0.6 is 0 Å². The molecule has 42 heavy (non-hydrogen) atoms. The Labute approximate surface area is 239 Å². The molecule has 6 rings (SSSR count). The molecule has 0 bridgehead atoms. The first kappa shape index (κ1) is 27.5. The molecule has 1 amide bonds. The van der Waals surface area contributed by atoms with Crippen LogP contribution in [0.1, 0.15) is 32.9 Å². The highest BCUT2D eigenvalue weighted by Gasteiger charge is 2.44. The molecule has 2 aromatic carbocycles. The van der Waals surface area contributed by atoms with E-state index in [4.69, 9.17) is 9.47 Å². The molecule has 2 aliphatic rings. The van der Waals surface area contributed by atoms with Gasteiger partial charge in [0, 0.05) is 23.7 Å². The van der Waals surface area contributed by atoms with Gasteiger partial charge in [0.25, 0.3) is 11.8 Å². The summed E-state index contributed by atoms with van der Waals surface area (Å²) in [6.45, 7) is -0.409. The van der Waals surface area contributed by atoms with E-state index in [1.54, 1.807) is 36.3 Å². The Hall–Kier alpha value is -4.67. The third-order valence-corrected chi connectivity index (χ3v) is 7.48. The molecule has 1 fully saturated rings. The van der Waals surface area contributed by atoms with Gasteiger partial charge < -0.3 is 19.3 Å². The number of aromatic nitrogens is 2. The number of fused-ring (bicyclic) bond motifs is 1. The van der Waals surface area contributed by atoms with Gasteiger partial charge in [-0.2, -0.15) is 0 Å². The largest absolute Gasteiger partial charge is 0.497 e. The van der Waals surface area contributed by atoms with Gasteiger partial charge in [-0.1, -0.05) is 6.07 Å². The second kappa shape index (κ2) is 10.6. The fourth-order valence-corrected chi connectivity index (χ4v) is 5.37. The van der Waals surface area contributed by atoms with Crippen LogP contribution in [-0.2, 0) is 19.5 Å². The maximum absolute atomic E-state index is 14.8. The van der Waals surface area contributed by atoms with Gasteiger partial charge in [0.2, 0.25) is 0 Å². The summed E-state index contributed by atoms with van der Waals surface area (Å²) in [5, 5.41) is 0. The van der Waals surface area contributed by atoms with Crippen LogP contribution in [0, 0.1) is 11.6 Å². The van der Waals surface area contributed by atoms with Crippen LogP contribution in [0.5, 0.6) is 11.5 Å². The predicted octanol–water partition coefficient (Wildman–Crippen LogP) is 5.64. The number of amides is 1. The Morgan fingerprint density at radius 3 is 2.33 bits per heavy atom. The van der Waals surface area contributed by atoms with Crippen LogP contribution in [0.3, 0.4) is 0 Å². The van der Waals surface area contributed by atoms with E-state index in [1.807, 2.05) is 6.07 Å². The first-order valence-corrected chi connectivity index (χ1v) is 13.2. The maximum atomic E-state index is 14.8. The van der Waals surface area contributed by atoms with Gasteiger partial charge in [-0.3, -0.25) is 9.78 Å². The van der Waals surface area contributed by atoms with Crippen molar-refractivity contribution in [1.82, 2.24) is 14.9 Å². The Balaban J connectivity index is 1.35. The minimum atomic E-state index is -2.71. The van der Waals surface area contributed by atoms with E-state index in [9.17, 15) is 22.4 Å². The molecule has 4 heterocycles. The molecule has 216 valence electrons. The molecule has 4 aromatic rings. The van der Waals surface area contributed by atoms with Gasteiger partial charge in [-0.15, -0.1) is 0 Å². The SMILES string of the molecule is COc1ccc(CN2Cc3nc(-c4c(F)cccc4F)cc(Cc4ccc(N5CC(F)(F)C5)cn4)c3C2=O)c(OC)c1. The van der Waals surface area contributed by atoms with Crippen molar-refractivity contribution < 1.29 is 31.8 Å². The van der Waals surface area contributed by atoms with Crippen LogP contribution < -0.4 is 14.4 Å².